The molecule has 5 heteroatoms. The smallest absolute Gasteiger partial charge is 0.0791 e. The Labute approximate surface area is 138 Å². The van der Waals surface area contributed by atoms with E-state index in [0.717, 1.165) is 36.9 Å². The van der Waals surface area contributed by atoms with Gasteiger partial charge in [-0.3, -0.25) is 4.90 Å². The molecule has 0 bridgehead atoms. The summed E-state index contributed by atoms with van der Waals surface area (Å²) in [5, 5.41) is 14.5. The minimum Gasteiger partial charge on any atom is -0.390 e. The largest absolute Gasteiger partial charge is 0.390 e. The van der Waals surface area contributed by atoms with Crippen LogP contribution < -0.4 is 5.32 Å². The molecule has 2 atom stereocenters. The van der Waals surface area contributed by atoms with Crippen molar-refractivity contribution in [3.8, 4) is 0 Å². The van der Waals surface area contributed by atoms with E-state index >= 15 is 0 Å². The third-order valence-electron chi connectivity index (χ3n) is 4.05. The summed E-state index contributed by atoms with van der Waals surface area (Å²) >= 11 is 6.31. The Hall–Kier alpha value is -0.650. The molecule has 1 aliphatic heterocycles. The van der Waals surface area contributed by atoms with Crippen molar-refractivity contribution in [2.45, 2.75) is 26.0 Å². The summed E-state index contributed by atoms with van der Waals surface area (Å²) in [5.74, 6) is 0.399. The van der Waals surface area contributed by atoms with Gasteiger partial charge >= 0.3 is 0 Å². The van der Waals surface area contributed by atoms with Crippen LogP contribution in [0.15, 0.2) is 24.3 Å². The van der Waals surface area contributed by atoms with Crippen LogP contribution in [-0.2, 0) is 4.74 Å². The van der Waals surface area contributed by atoms with Gasteiger partial charge in [0.1, 0.15) is 0 Å². The molecule has 22 heavy (non-hydrogen) atoms. The van der Waals surface area contributed by atoms with Crippen LogP contribution in [0.4, 0.5) is 0 Å². The van der Waals surface area contributed by atoms with Crippen LogP contribution in [0.2, 0.25) is 5.02 Å². The second-order valence-corrected chi connectivity index (χ2v) is 6.63. The Morgan fingerprint density at radius 2 is 1.95 bits per heavy atom. The first-order valence-electron chi connectivity index (χ1n) is 8.04. The highest BCUT2D eigenvalue weighted by Gasteiger charge is 2.20. The molecule has 2 N–H and O–H groups in total. The zero-order valence-corrected chi connectivity index (χ0v) is 14.2. The molecule has 1 aliphatic rings. The maximum absolute atomic E-state index is 10.3. The predicted molar refractivity (Wildman–Crippen MR) is 90.3 cm³/mol. The van der Waals surface area contributed by atoms with E-state index in [9.17, 15) is 5.11 Å². The quantitative estimate of drug-likeness (QED) is 0.807. The molecule has 0 aliphatic carbocycles. The summed E-state index contributed by atoms with van der Waals surface area (Å²) in [4.78, 5) is 2.25. The zero-order valence-electron chi connectivity index (χ0n) is 13.5. The lowest BCUT2D eigenvalue weighted by Crippen LogP contribution is -2.44. The van der Waals surface area contributed by atoms with E-state index < -0.39 is 0 Å². The third-order valence-corrected chi connectivity index (χ3v) is 4.40. The number of nitrogens with zero attached hydrogens (tertiary/aromatic N) is 1. The van der Waals surface area contributed by atoms with Gasteiger partial charge in [0.05, 0.1) is 19.3 Å². The number of hydrogen-bond acceptors (Lipinski definition) is 4. The first-order chi connectivity index (χ1) is 10.6. The summed E-state index contributed by atoms with van der Waals surface area (Å²) in [7, 11) is 0. The van der Waals surface area contributed by atoms with Crippen LogP contribution in [-0.4, -0.2) is 55.5 Å². The molecule has 1 aromatic rings. The number of β-amino-alcohol motifs (C(OH)–C–C–N with tert-alkyl or cyclic N) is 1. The number of hydrogen-bond donors (Lipinski definition) is 2. The van der Waals surface area contributed by atoms with Crippen LogP contribution in [0.5, 0.6) is 0 Å². The highest BCUT2D eigenvalue weighted by molar-refractivity contribution is 6.31. The minimum atomic E-state index is -0.387. The normalized spacial score (nSPS) is 19.3. The first kappa shape index (κ1) is 17.7. The number of nitrogens with one attached hydrogen (secondary N) is 1. The molecule has 0 amide bonds. The summed E-state index contributed by atoms with van der Waals surface area (Å²) in [6, 6.07) is 8.05. The second-order valence-electron chi connectivity index (χ2n) is 6.22. The van der Waals surface area contributed by atoms with Crippen molar-refractivity contribution < 1.29 is 9.84 Å². The van der Waals surface area contributed by atoms with Crippen LogP contribution in [0.25, 0.3) is 0 Å². The summed E-state index contributed by atoms with van der Waals surface area (Å²) < 4.78 is 5.33. The Kier molecular flexibility index (Phi) is 7.12. The molecule has 0 saturated carbocycles. The van der Waals surface area contributed by atoms with Gasteiger partial charge in [-0.05, 0) is 17.5 Å². The van der Waals surface area contributed by atoms with E-state index in [1.165, 1.54) is 0 Å². The van der Waals surface area contributed by atoms with Crippen molar-refractivity contribution in [2.75, 3.05) is 39.4 Å². The van der Waals surface area contributed by atoms with Crippen molar-refractivity contribution >= 4 is 11.6 Å². The van der Waals surface area contributed by atoms with E-state index in [1.54, 1.807) is 0 Å². The van der Waals surface area contributed by atoms with Crippen LogP contribution in [0.1, 0.15) is 25.5 Å². The van der Waals surface area contributed by atoms with E-state index in [-0.39, 0.29) is 12.1 Å². The summed E-state index contributed by atoms with van der Waals surface area (Å²) in [6.07, 6.45) is -0.387. The van der Waals surface area contributed by atoms with Gasteiger partial charge in [0.15, 0.2) is 0 Å². The van der Waals surface area contributed by atoms with Gasteiger partial charge in [0.2, 0.25) is 0 Å². The number of ether oxygens (including phenoxy) is 1. The third kappa shape index (κ3) is 5.21. The molecule has 1 aromatic carbocycles. The first-order valence-corrected chi connectivity index (χ1v) is 8.41. The Balaban J connectivity index is 1.87. The van der Waals surface area contributed by atoms with Crippen molar-refractivity contribution in [3.05, 3.63) is 34.9 Å². The van der Waals surface area contributed by atoms with Crippen LogP contribution in [0, 0.1) is 5.92 Å². The van der Waals surface area contributed by atoms with E-state index in [0.29, 0.717) is 19.0 Å². The minimum absolute atomic E-state index is 0.146. The predicted octanol–water partition coefficient (Wildman–Crippen LogP) is 2.32. The number of aliphatic hydroxyl groups is 1. The molecule has 1 saturated heterocycles. The lowest BCUT2D eigenvalue weighted by atomic mass is 9.96. The maximum atomic E-state index is 10.3. The molecule has 0 aromatic heterocycles. The molecule has 0 radical (unpaired) electrons. The van der Waals surface area contributed by atoms with E-state index in [2.05, 4.69) is 24.1 Å². The number of rotatable bonds is 7. The van der Waals surface area contributed by atoms with Gasteiger partial charge in [-0.1, -0.05) is 43.6 Å². The Morgan fingerprint density at radius 1 is 1.27 bits per heavy atom. The molecule has 124 valence electrons. The highest BCUT2D eigenvalue weighted by Crippen LogP contribution is 2.27. The highest BCUT2D eigenvalue weighted by atomic mass is 35.5. The standard InChI is InChI=1S/C17H27ClN2O2/c1-13(2)17(15-5-3-4-6-16(15)18)19-11-14(21)12-20-7-9-22-10-8-20/h3-6,13-14,17,19,21H,7-12H2,1-2H3. The van der Waals surface area contributed by atoms with Crippen molar-refractivity contribution in [3.63, 3.8) is 0 Å². The SMILES string of the molecule is CC(C)C(NCC(O)CN1CCOCC1)c1ccccc1Cl. The fourth-order valence-corrected chi connectivity index (χ4v) is 3.09. The molecule has 2 unspecified atom stereocenters. The Morgan fingerprint density at radius 3 is 2.59 bits per heavy atom. The van der Waals surface area contributed by atoms with Gasteiger partial charge in [-0.15, -0.1) is 0 Å². The molecule has 2 rings (SSSR count). The van der Waals surface area contributed by atoms with E-state index in [4.69, 9.17) is 16.3 Å². The number of morpholine rings is 1. The Bertz CT molecular complexity index is 450. The average Bonchev–Trinajstić information content (AvgIpc) is 2.50. The monoisotopic (exact) mass is 326 g/mol. The molecular formula is C17H27ClN2O2. The van der Waals surface area contributed by atoms with Crippen molar-refractivity contribution in [1.82, 2.24) is 10.2 Å². The topological polar surface area (TPSA) is 44.7 Å². The van der Waals surface area contributed by atoms with Gasteiger partial charge in [0, 0.05) is 37.2 Å². The molecule has 1 fully saturated rings. The lowest BCUT2D eigenvalue weighted by Gasteiger charge is -2.30. The molecule has 4 nitrogen and oxygen atoms in total. The van der Waals surface area contributed by atoms with Crippen LogP contribution in [0.3, 0.4) is 0 Å². The van der Waals surface area contributed by atoms with Gasteiger partial charge < -0.3 is 15.2 Å². The zero-order chi connectivity index (χ0) is 15.9. The van der Waals surface area contributed by atoms with Gasteiger partial charge in [-0.2, -0.15) is 0 Å². The second kappa shape index (κ2) is 8.85. The van der Waals surface area contributed by atoms with E-state index in [1.807, 2.05) is 24.3 Å². The molecule has 0 spiro atoms. The average molecular weight is 327 g/mol. The van der Waals surface area contributed by atoms with Crippen molar-refractivity contribution in [1.29, 1.82) is 0 Å². The van der Waals surface area contributed by atoms with Crippen molar-refractivity contribution in [2.24, 2.45) is 5.92 Å². The molecular weight excluding hydrogens is 300 g/mol. The van der Waals surface area contributed by atoms with Gasteiger partial charge in [-0.25, -0.2) is 0 Å². The number of aliphatic hydroxyl groups excluding tert-OH is 1. The van der Waals surface area contributed by atoms with Gasteiger partial charge in [0.25, 0.3) is 0 Å². The maximum Gasteiger partial charge on any atom is 0.0791 e. The summed E-state index contributed by atoms with van der Waals surface area (Å²) in [5.41, 5.74) is 1.10. The molecule has 1 heterocycles. The fourth-order valence-electron chi connectivity index (χ4n) is 2.84. The fraction of sp³-hybridized carbons (Fsp3) is 0.647. The number of benzene rings is 1. The number of halogens is 1. The summed E-state index contributed by atoms with van der Waals surface area (Å²) in [6.45, 7) is 8.88. The lowest BCUT2D eigenvalue weighted by molar-refractivity contribution is 0.0142. The van der Waals surface area contributed by atoms with Crippen LogP contribution >= 0.6 is 11.6 Å².